The number of halogens is 1. The number of rotatable bonds is 5. The van der Waals surface area contributed by atoms with Gasteiger partial charge in [0.25, 0.3) is 0 Å². The van der Waals surface area contributed by atoms with Crippen LogP contribution in [-0.4, -0.2) is 43.4 Å². The highest BCUT2D eigenvalue weighted by atomic mass is 35.5. The van der Waals surface area contributed by atoms with Crippen LogP contribution in [0.2, 0.25) is 11.8 Å². The molecule has 1 aromatic carbocycles. The smallest absolute Gasteiger partial charge is 0.376 e. The molecule has 1 fully saturated rings. The monoisotopic (exact) mass is 392 g/mol. The van der Waals surface area contributed by atoms with Crippen LogP contribution in [0.5, 0.6) is 0 Å². The first-order chi connectivity index (χ1) is 12.4. The van der Waals surface area contributed by atoms with Crippen LogP contribution in [0.4, 0.5) is 0 Å². The second-order valence-electron chi connectivity index (χ2n) is 6.78. The summed E-state index contributed by atoms with van der Waals surface area (Å²) in [5.74, 6) is 0.530. The van der Waals surface area contributed by atoms with Crippen molar-refractivity contribution in [1.82, 2.24) is 9.79 Å². The summed E-state index contributed by atoms with van der Waals surface area (Å²) < 4.78 is 25.3. The average Bonchev–Trinajstić information content (AvgIpc) is 2.62. The van der Waals surface area contributed by atoms with Gasteiger partial charge in [-0.2, -0.15) is 0 Å². The minimum atomic E-state index is -3.66. The van der Waals surface area contributed by atoms with Crippen molar-refractivity contribution in [1.29, 1.82) is 0 Å². The number of pyridine rings is 1. The molecule has 0 saturated carbocycles. The largest absolute Gasteiger partial charge is 0.437 e. The molecule has 8 heteroatoms. The van der Waals surface area contributed by atoms with Crippen molar-refractivity contribution in [2.24, 2.45) is 5.92 Å². The summed E-state index contributed by atoms with van der Waals surface area (Å²) in [6, 6.07) is 9.61. The lowest BCUT2D eigenvalue weighted by atomic mass is 9.80. The second-order valence-corrected chi connectivity index (χ2v) is 9.11. The van der Waals surface area contributed by atoms with Gasteiger partial charge in [-0.3, -0.25) is 0 Å². The molecular weight excluding hydrogens is 371 g/mol. The number of hydrogen-bond acceptors (Lipinski definition) is 5. The van der Waals surface area contributed by atoms with Gasteiger partial charge in [0.15, 0.2) is 5.03 Å². The van der Waals surface area contributed by atoms with Crippen LogP contribution in [0.25, 0.3) is 0 Å². The van der Waals surface area contributed by atoms with Gasteiger partial charge in [-0.25, -0.2) is 13.4 Å². The van der Waals surface area contributed by atoms with Gasteiger partial charge in [-0.15, -0.1) is 0 Å². The number of piperidine rings is 1. The quantitative estimate of drug-likeness (QED) is 0.792. The summed E-state index contributed by atoms with van der Waals surface area (Å²) in [4.78, 5) is 6.40. The van der Waals surface area contributed by atoms with E-state index in [2.05, 4.69) is 9.79 Å². The Morgan fingerprint density at radius 1 is 1.27 bits per heavy atom. The summed E-state index contributed by atoms with van der Waals surface area (Å²) in [5, 5.41) is 10.0. The lowest BCUT2D eigenvalue weighted by Gasteiger charge is -2.32. The van der Waals surface area contributed by atoms with E-state index >= 15 is 0 Å². The maximum atomic E-state index is 12.6. The summed E-state index contributed by atoms with van der Waals surface area (Å²) in [6.45, 7) is 3.57. The van der Waals surface area contributed by atoms with Gasteiger partial charge in [0.1, 0.15) is 0 Å². The zero-order chi connectivity index (χ0) is 18.7. The summed E-state index contributed by atoms with van der Waals surface area (Å²) in [7, 11) is -4.05. The number of nitrogens with zero attached hydrogens (tertiary/aromatic N) is 2. The lowest BCUT2D eigenvalue weighted by Crippen LogP contribution is -2.43. The fraction of sp³-hybridized carbons (Fsp3) is 0.389. The highest BCUT2D eigenvalue weighted by Gasteiger charge is 2.24. The Bertz CT molecular complexity index is 851. The highest BCUT2D eigenvalue weighted by molar-refractivity contribution is 7.91. The molecule has 5 nitrogen and oxygen atoms in total. The molecule has 1 saturated heterocycles. The third-order valence-corrected chi connectivity index (χ3v) is 6.78. The average molecular weight is 393 g/mol. The number of hydrogen-bond donors (Lipinski definition) is 1. The number of aromatic nitrogens is 1. The maximum absolute atomic E-state index is 12.6. The predicted octanol–water partition coefficient (Wildman–Crippen LogP) is 2.93. The van der Waals surface area contributed by atoms with E-state index in [9.17, 15) is 13.4 Å². The lowest BCUT2D eigenvalue weighted by molar-refractivity contribution is 0.250. The maximum Gasteiger partial charge on any atom is 0.376 e. The van der Waals surface area contributed by atoms with Crippen molar-refractivity contribution in [2.45, 2.75) is 36.0 Å². The normalized spacial score (nSPS) is 16.6. The van der Waals surface area contributed by atoms with Gasteiger partial charge < -0.3 is 9.83 Å². The fourth-order valence-electron chi connectivity index (χ4n) is 3.31. The molecule has 1 N–H and O–H groups in total. The van der Waals surface area contributed by atoms with Gasteiger partial charge >= 0.3 is 7.05 Å². The van der Waals surface area contributed by atoms with E-state index in [0.717, 1.165) is 37.9 Å². The van der Waals surface area contributed by atoms with Crippen LogP contribution in [0.3, 0.4) is 0 Å². The molecule has 2 heterocycles. The molecule has 0 bridgehead atoms. The minimum absolute atomic E-state index is 0.0347. The Kier molecular flexibility index (Phi) is 6.02. The van der Waals surface area contributed by atoms with E-state index in [1.807, 2.05) is 6.07 Å². The molecular formula is C18H22BClN2O3S. The van der Waals surface area contributed by atoms with Gasteiger partial charge in [0.05, 0.1) is 4.90 Å². The molecule has 1 aromatic heterocycles. The zero-order valence-corrected chi connectivity index (χ0v) is 16.2. The zero-order valence-electron chi connectivity index (χ0n) is 14.7. The fourth-order valence-corrected chi connectivity index (χ4v) is 4.78. The van der Waals surface area contributed by atoms with Gasteiger partial charge in [0, 0.05) is 11.2 Å². The minimum Gasteiger partial charge on any atom is -0.437 e. The van der Waals surface area contributed by atoms with E-state index in [-0.39, 0.29) is 9.92 Å². The third-order valence-electron chi connectivity index (χ3n) is 4.88. The molecule has 1 aliphatic rings. The summed E-state index contributed by atoms with van der Waals surface area (Å²) in [5.41, 5.74) is 1.03. The molecule has 0 radical (unpaired) electrons. The van der Waals surface area contributed by atoms with Gasteiger partial charge in [-0.05, 0) is 74.9 Å². The Balaban J connectivity index is 1.67. The van der Waals surface area contributed by atoms with E-state index in [1.54, 1.807) is 31.2 Å². The van der Waals surface area contributed by atoms with Crippen LogP contribution in [0, 0.1) is 5.92 Å². The number of sulfone groups is 1. The highest BCUT2D eigenvalue weighted by Crippen LogP contribution is 2.24. The Labute approximate surface area is 160 Å². The van der Waals surface area contributed by atoms with Crippen molar-refractivity contribution in [3.8, 4) is 0 Å². The van der Waals surface area contributed by atoms with Crippen molar-refractivity contribution in [2.75, 3.05) is 13.1 Å². The van der Waals surface area contributed by atoms with Crippen molar-refractivity contribution < 1.29 is 13.4 Å². The molecule has 138 valence electrons. The molecule has 26 heavy (non-hydrogen) atoms. The summed E-state index contributed by atoms with van der Waals surface area (Å²) >= 11 is 5.90. The standard InChI is InChI=1S/C18H22BClN2O3S/c1-19(23)22-9-7-14(8-10-22)11-15-5-6-18(21-13-15)26(24,25)17-4-2-3-16(20)12-17/h2-6,12-14,23H,7-11H2,1H3. The first-order valence-electron chi connectivity index (χ1n) is 8.74. The SMILES string of the molecule is CB(O)N1CCC(Cc2ccc(S(=O)(=O)c3cccc(Cl)c3)nc2)CC1. The molecule has 0 atom stereocenters. The predicted molar refractivity (Wildman–Crippen MR) is 103 cm³/mol. The van der Waals surface area contributed by atoms with Crippen LogP contribution in [0.1, 0.15) is 18.4 Å². The van der Waals surface area contributed by atoms with E-state index in [4.69, 9.17) is 11.6 Å². The third kappa shape index (κ3) is 4.46. The van der Waals surface area contributed by atoms with Crippen LogP contribution >= 0.6 is 11.6 Å². The van der Waals surface area contributed by atoms with Gasteiger partial charge in [0.2, 0.25) is 9.84 Å². The molecule has 2 aromatic rings. The van der Waals surface area contributed by atoms with Crippen molar-refractivity contribution in [3.05, 3.63) is 53.2 Å². The molecule has 0 unspecified atom stereocenters. The Hall–Kier alpha value is -1.41. The topological polar surface area (TPSA) is 70.5 Å². The second kappa shape index (κ2) is 8.09. The first-order valence-corrected chi connectivity index (χ1v) is 10.6. The van der Waals surface area contributed by atoms with E-state index in [1.165, 1.54) is 12.1 Å². The summed E-state index contributed by atoms with van der Waals surface area (Å²) in [6.07, 6.45) is 4.57. The van der Waals surface area contributed by atoms with Crippen LogP contribution in [0.15, 0.2) is 52.5 Å². The molecule has 0 spiro atoms. The molecule has 0 amide bonds. The van der Waals surface area contributed by atoms with E-state index in [0.29, 0.717) is 10.9 Å². The van der Waals surface area contributed by atoms with Crippen molar-refractivity contribution >= 4 is 28.5 Å². The van der Waals surface area contributed by atoms with Gasteiger partial charge in [-0.1, -0.05) is 23.7 Å². The first kappa shape index (κ1) is 19.4. The van der Waals surface area contributed by atoms with Crippen molar-refractivity contribution in [3.63, 3.8) is 0 Å². The Morgan fingerprint density at radius 2 is 2.00 bits per heavy atom. The number of benzene rings is 1. The molecule has 1 aliphatic heterocycles. The molecule has 0 aliphatic carbocycles. The van der Waals surface area contributed by atoms with Crippen LogP contribution in [-0.2, 0) is 16.3 Å². The Morgan fingerprint density at radius 3 is 2.58 bits per heavy atom. The molecule has 3 rings (SSSR count). The van der Waals surface area contributed by atoms with E-state index < -0.39 is 16.9 Å². The van der Waals surface area contributed by atoms with Crippen LogP contribution < -0.4 is 0 Å².